The molecule has 0 rings (SSSR count). The van der Waals surface area contributed by atoms with Gasteiger partial charge in [0.05, 0.1) is 44.7 Å². The van der Waals surface area contributed by atoms with Crippen LogP contribution in [-0.4, -0.2) is 97.7 Å². The van der Waals surface area contributed by atoms with Crippen LogP contribution in [0.25, 0.3) is 0 Å². The summed E-state index contributed by atoms with van der Waals surface area (Å²) in [7, 11) is 0. The second kappa shape index (κ2) is 55.0. The average molecular weight is 956 g/mol. The van der Waals surface area contributed by atoms with Gasteiger partial charge < -0.3 is 30.1 Å². The van der Waals surface area contributed by atoms with E-state index in [2.05, 4.69) is 106 Å². The van der Waals surface area contributed by atoms with E-state index < -0.39 is 12.2 Å². The van der Waals surface area contributed by atoms with Gasteiger partial charge in [-0.2, -0.15) is 0 Å². The molecule has 406 valence electrons. The van der Waals surface area contributed by atoms with Crippen LogP contribution < -0.4 is 5.32 Å². The van der Waals surface area contributed by atoms with Crippen LogP contribution in [0.3, 0.4) is 0 Å². The van der Waals surface area contributed by atoms with E-state index in [1.807, 2.05) is 4.90 Å². The summed E-state index contributed by atoms with van der Waals surface area (Å²) >= 11 is 0. The minimum absolute atomic E-state index is 0. The van der Waals surface area contributed by atoms with Crippen molar-refractivity contribution in [2.75, 3.05) is 59.2 Å². The molecule has 0 heterocycles. The van der Waals surface area contributed by atoms with E-state index in [-0.39, 0.29) is 28.9 Å². The number of nitrogens with one attached hydrogen (secondary N) is 1. The molecule has 0 saturated heterocycles. The Morgan fingerprint density at radius 3 is 1.27 bits per heavy atom. The Hall–Kier alpha value is -3.62. The first-order chi connectivity index (χ1) is 33.0. The van der Waals surface area contributed by atoms with Gasteiger partial charge in [-0.3, -0.25) is 4.90 Å². The average Bonchev–Trinajstić information content (AvgIpc) is 3.32. The van der Waals surface area contributed by atoms with Gasteiger partial charge in [0, 0.05) is 55.5 Å². The molecule has 67 heavy (non-hydrogen) atoms. The van der Waals surface area contributed by atoms with Crippen LogP contribution in [0, 0.1) is 0 Å². The third-order valence-corrected chi connectivity index (χ3v) is 11.5. The molecule has 4 N–H and O–H groups in total. The van der Waals surface area contributed by atoms with Crippen LogP contribution in [0.4, 0.5) is 0 Å². The molecule has 0 aromatic heterocycles. The Morgan fingerprint density at radius 1 is 0.463 bits per heavy atom. The second-order valence-electron chi connectivity index (χ2n) is 17.8. The smallest absolute Gasteiger partial charge is 0.0927 e. The highest BCUT2D eigenvalue weighted by atomic mass is 16.5. The molecule has 0 spiro atoms. The van der Waals surface area contributed by atoms with Crippen molar-refractivity contribution >= 4 is 0 Å². The standard InChI is InChI=1S/C60H94N2O5.16H2/c1-4-7-10-13-16-19-22-25-28-31-34-37-40-43-46-58(63)55-61-49-51-66-53-54-67-52-50-62(56-59(64)47-44-41-38-35-32-29-26-23-20-17-14-11-8-5-2)57-60(65)48-45-42-39-36-33-30-27-24-21-18-15-12-9-6-3;;;;;;;;;;;;;;;;/h47,58-61,63-65H,2,4,6-7,9-10,12-13,15-16,18-19,21-22,24-25,27-28,30-31,33-34,36-37,39-40,42-43,45-46,48-57H2,1,3H3;16*1H. The molecule has 0 aromatic rings. The molecular formula is C60H126N2O5. The van der Waals surface area contributed by atoms with Crippen LogP contribution in [0.5, 0.6) is 0 Å². The highest BCUT2D eigenvalue weighted by Crippen LogP contribution is 2.16. The summed E-state index contributed by atoms with van der Waals surface area (Å²) in [5, 5.41) is 35.4. The molecule has 3 unspecified atom stereocenters. The Balaban J connectivity index is -0.000000181. The fraction of sp³-hybridized carbons (Fsp3) is 0.733. The zero-order chi connectivity index (χ0) is 48.6. The third kappa shape index (κ3) is 53.2. The summed E-state index contributed by atoms with van der Waals surface area (Å²) in [6, 6.07) is 0. The predicted octanol–water partition coefficient (Wildman–Crippen LogP) is 17.0. The topological polar surface area (TPSA) is 94.4 Å². The zero-order valence-electron chi connectivity index (χ0n) is 42.7. The molecule has 0 saturated carbocycles. The molecule has 0 aliphatic carbocycles. The minimum atomic E-state index is -0.825. The molecule has 0 bridgehead atoms. The first kappa shape index (κ1) is 63.4. The van der Waals surface area contributed by atoms with Crippen molar-refractivity contribution in [2.45, 2.75) is 225 Å². The van der Waals surface area contributed by atoms with Gasteiger partial charge in [-0.1, -0.05) is 205 Å². The van der Waals surface area contributed by atoms with Crippen molar-refractivity contribution in [1.82, 2.24) is 10.2 Å². The van der Waals surface area contributed by atoms with Crippen molar-refractivity contribution in [1.29, 1.82) is 0 Å². The maximum atomic E-state index is 10.9. The number of aliphatic hydroxyl groups excluding tert-OH is 3. The van der Waals surface area contributed by atoms with Crippen molar-refractivity contribution in [3.8, 4) is 0 Å². The quantitative estimate of drug-likeness (QED) is 0.0357. The van der Waals surface area contributed by atoms with E-state index in [0.29, 0.717) is 59.2 Å². The van der Waals surface area contributed by atoms with Crippen molar-refractivity contribution < 1.29 is 47.6 Å². The van der Waals surface area contributed by atoms with Crippen molar-refractivity contribution in [3.05, 3.63) is 92.9 Å². The Bertz CT molecular complexity index is 1760. The van der Waals surface area contributed by atoms with E-state index in [9.17, 15) is 15.3 Å². The number of hydrogen-bond donors (Lipinski definition) is 4. The summed E-state index contributed by atoms with van der Waals surface area (Å²) in [4.78, 5) is 2.03. The van der Waals surface area contributed by atoms with Gasteiger partial charge in [-0.05, 0) is 94.3 Å². The Morgan fingerprint density at radius 2 is 0.836 bits per heavy atom. The first-order valence-corrected chi connectivity index (χ1v) is 26.8. The van der Waals surface area contributed by atoms with E-state index in [1.165, 1.54) is 167 Å². The van der Waals surface area contributed by atoms with Gasteiger partial charge in [0.25, 0.3) is 0 Å². The lowest BCUT2D eigenvalue weighted by atomic mass is 10.0. The van der Waals surface area contributed by atoms with Gasteiger partial charge in [-0.25, -0.2) is 0 Å². The molecule has 0 amide bonds. The lowest BCUT2D eigenvalue weighted by Gasteiger charge is -2.26. The molecule has 3 atom stereocenters. The summed E-state index contributed by atoms with van der Waals surface area (Å²) in [5.74, 6) is 0. The number of ether oxygens (including phenoxy) is 2. The predicted molar refractivity (Wildman–Crippen MR) is 312 cm³/mol. The largest absolute Gasteiger partial charge is 0.392 e. The number of hydrogen-bond acceptors (Lipinski definition) is 7. The molecule has 0 aliphatic heterocycles. The molecule has 0 radical (unpaired) electrons. The van der Waals surface area contributed by atoms with Gasteiger partial charge in [-0.15, -0.1) is 0 Å². The monoisotopic (exact) mass is 955 g/mol. The molecular weight excluding hydrogens is 829 g/mol. The fourth-order valence-electron chi connectivity index (χ4n) is 7.67. The lowest BCUT2D eigenvalue weighted by Crippen LogP contribution is -2.39. The van der Waals surface area contributed by atoms with Crippen molar-refractivity contribution in [2.24, 2.45) is 0 Å². The summed E-state index contributed by atoms with van der Waals surface area (Å²) in [6.45, 7) is 12.5. The SMILES string of the molecule is C=C=C=C=C=C=C=C=C=C=C=C=C=C=C=CC(O)CN(CCOCCOCCNCC(O)CCCCCCCCCCCCCCCC)CC(O)CCCCCCCCCCCCCCCC.[HH].[HH].[HH].[HH].[HH].[HH].[HH].[HH].[HH].[HH].[HH].[HH].[HH].[HH].[HH].[HH]. The molecule has 0 aromatic carbocycles. The van der Waals surface area contributed by atoms with Crippen LogP contribution in [0.15, 0.2) is 92.9 Å². The fourth-order valence-corrected chi connectivity index (χ4v) is 7.67. The zero-order valence-corrected chi connectivity index (χ0v) is 42.7. The van der Waals surface area contributed by atoms with Crippen molar-refractivity contribution in [3.63, 3.8) is 0 Å². The Kier molecular flexibility index (Phi) is 52.0. The van der Waals surface area contributed by atoms with Crippen LogP contribution in [-0.2, 0) is 9.47 Å². The minimum Gasteiger partial charge on any atom is -0.392 e. The van der Waals surface area contributed by atoms with Gasteiger partial charge in [0.15, 0.2) is 0 Å². The molecule has 7 heteroatoms. The van der Waals surface area contributed by atoms with Crippen LogP contribution in [0.1, 0.15) is 229 Å². The maximum Gasteiger partial charge on any atom is 0.0927 e. The van der Waals surface area contributed by atoms with Gasteiger partial charge >= 0.3 is 0 Å². The number of rotatable bonds is 46. The Labute approximate surface area is 434 Å². The van der Waals surface area contributed by atoms with Crippen LogP contribution >= 0.6 is 0 Å². The van der Waals surface area contributed by atoms with E-state index >= 15 is 0 Å². The summed E-state index contributed by atoms with van der Waals surface area (Å²) < 4.78 is 11.6. The number of aliphatic hydroxyl groups is 3. The lowest BCUT2D eigenvalue weighted by molar-refractivity contribution is 0.0241. The van der Waals surface area contributed by atoms with Gasteiger partial charge in [0.1, 0.15) is 0 Å². The molecule has 0 fully saturated rings. The first-order valence-electron chi connectivity index (χ1n) is 26.8. The van der Waals surface area contributed by atoms with Crippen LogP contribution in [0.2, 0.25) is 0 Å². The maximum absolute atomic E-state index is 10.9. The summed E-state index contributed by atoms with van der Waals surface area (Å²) in [6.07, 6.45) is 38.5. The number of nitrogens with zero attached hydrogens (tertiary/aromatic N) is 1. The van der Waals surface area contributed by atoms with E-state index in [1.54, 1.807) is 0 Å². The highest BCUT2D eigenvalue weighted by Gasteiger charge is 2.15. The highest BCUT2D eigenvalue weighted by molar-refractivity contribution is 4.94. The second-order valence-corrected chi connectivity index (χ2v) is 17.8. The summed E-state index contributed by atoms with van der Waals surface area (Å²) in [5.41, 5.74) is 36.0. The molecule has 7 nitrogen and oxygen atoms in total. The molecule has 0 aliphatic rings. The number of unbranched alkanes of at least 4 members (excludes halogenated alkanes) is 26. The third-order valence-electron chi connectivity index (χ3n) is 11.5. The van der Waals surface area contributed by atoms with E-state index in [0.717, 1.165) is 32.1 Å². The van der Waals surface area contributed by atoms with E-state index in [4.69, 9.17) is 9.47 Å². The van der Waals surface area contributed by atoms with Gasteiger partial charge in [0.2, 0.25) is 0 Å². The normalized spacial score (nSPS) is 11.6.